The lowest BCUT2D eigenvalue weighted by Gasteiger charge is -2.22. The van der Waals surface area contributed by atoms with Crippen molar-refractivity contribution < 1.29 is 0 Å². The molecule has 1 aromatic heterocycles. The molecule has 0 saturated carbocycles. The maximum absolute atomic E-state index is 5.78. The van der Waals surface area contributed by atoms with Crippen molar-refractivity contribution >= 4 is 0 Å². The monoisotopic (exact) mass is 208 g/mol. The Morgan fingerprint density at radius 1 is 1.60 bits per heavy atom. The molecule has 1 unspecified atom stereocenters. The summed E-state index contributed by atoms with van der Waals surface area (Å²) in [4.78, 5) is 2.44. The van der Waals surface area contributed by atoms with Gasteiger partial charge in [-0.1, -0.05) is 6.92 Å². The zero-order valence-corrected chi connectivity index (χ0v) is 9.61. The van der Waals surface area contributed by atoms with E-state index in [4.69, 9.17) is 5.73 Å². The lowest BCUT2D eigenvalue weighted by molar-refractivity contribution is 0.271. The number of rotatable bonds is 3. The summed E-state index contributed by atoms with van der Waals surface area (Å²) in [5.74, 6) is 0. The number of hydrogen-bond acceptors (Lipinski definition) is 3. The molecule has 0 bridgehead atoms. The molecule has 2 N–H and O–H groups in total. The summed E-state index contributed by atoms with van der Waals surface area (Å²) in [5, 5.41) is 4.39. The number of hydrogen-bond donors (Lipinski definition) is 1. The molecule has 0 amide bonds. The Morgan fingerprint density at radius 3 is 2.93 bits per heavy atom. The molecule has 0 aromatic carbocycles. The van der Waals surface area contributed by atoms with Gasteiger partial charge in [0.15, 0.2) is 0 Å². The summed E-state index contributed by atoms with van der Waals surface area (Å²) >= 11 is 0. The summed E-state index contributed by atoms with van der Waals surface area (Å²) in [6, 6.07) is 2.08. The van der Waals surface area contributed by atoms with Crippen LogP contribution in [-0.2, 0) is 13.6 Å². The fourth-order valence-electron chi connectivity index (χ4n) is 2.20. The lowest BCUT2D eigenvalue weighted by atomic mass is 9.90. The van der Waals surface area contributed by atoms with Gasteiger partial charge in [0.05, 0.1) is 5.69 Å². The van der Waals surface area contributed by atoms with E-state index < -0.39 is 0 Å². The molecule has 1 saturated heterocycles. The second-order valence-corrected chi connectivity index (χ2v) is 4.96. The number of nitrogens with two attached hydrogens (primary N) is 1. The van der Waals surface area contributed by atoms with Crippen LogP contribution < -0.4 is 5.73 Å². The molecule has 1 aliphatic rings. The molecule has 4 nitrogen and oxygen atoms in total. The topological polar surface area (TPSA) is 47.1 Å². The first kappa shape index (κ1) is 10.6. The minimum absolute atomic E-state index is 0.314. The molecule has 0 aliphatic carbocycles. The zero-order valence-electron chi connectivity index (χ0n) is 9.61. The Labute approximate surface area is 91.1 Å². The van der Waals surface area contributed by atoms with Crippen molar-refractivity contribution in [3.63, 3.8) is 0 Å². The number of likely N-dealkylation sites (tertiary alicyclic amines) is 1. The highest BCUT2D eigenvalue weighted by atomic mass is 15.3. The van der Waals surface area contributed by atoms with Crippen LogP contribution in [0, 0.1) is 5.41 Å². The van der Waals surface area contributed by atoms with Crippen molar-refractivity contribution in [1.82, 2.24) is 14.7 Å². The van der Waals surface area contributed by atoms with Crippen LogP contribution in [0.25, 0.3) is 0 Å². The fourth-order valence-corrected chi connectivity index (χ4v) is 2.20. The summed E-state index contributed by atoms with van der Waals surface area (Å²) in [6.45, 7) is 6.25. The van der Waals surface area contributed by atoms with Crippen molar-refractivity contribution in [2.45, 2.75) is 19.9 Å². The van der Waals surface area contributed by atoms with Gasteiger partial charge < -0.3 is 5.73 Å². The van der Waals surface area contributed by atoms with Crippen molar-refractivity contribution in [1.29, 1.82) is 0 Å². The van der Waals surface area contributed by atoms with E-state index in [1.807, 2.05) is 17.9 Å². The molecule has 1 atom stereocenters. The molecule has 0 spiro atoms. The maximum Gasteiger partial charge on any atom is 0.0764 e. The van der Waals surface area contributed by atoms with Crippen molar-refractivity contribution in [3.05, 3.63) is 18.0 Å². The normalized spacial score (nSPS) is 27.4. The van der Waals surface area contributed by atoms with Gasteiger partial charge in [0.2, 0.25) is 0 Å². The van der Waals surface area contributed by atoms with E-state index >= 15 is 0 Å². The Hall–Kier alpha value is -0.870. The van der Waals surface area contributed by atoms with Crippen molar-refractivity contribution in [2.75, 3.05) is 19.6 Å². The third-order valence-electron chi connectivity index (χ3n) is 3.28. The molecule has 1 fully saturated rings. The Bertz CT molecular complexity index is 333. The van der Waals surface area contributed by atoms with E-state index in [1.165, 1.54) is 6.42 Å². The summed E-state index contributed by atoms with van der Waals surface area (Å²) < 4.78 is 1.85. The summed E-state index contributed by atoms with van der Waals surface area (Å²) in [6.07, 6.45) is 3.20. The van der Waals surface area contributed by atoms with Crippen LogP contribution in [0.2, 0.25) is 0 Å². The van der Waals surface area contributed by atoms with E-state index in [2.05, 4.69) is 23.0 Å². The van der Waals surface area contributed by atoms with Gasteiger partial charge in [0.1, 0.15) is 0 Å². The largest absolute Gasteiger partial charge is 0.330 e. The molecule has 4 heteroatoms. The highest BCUT2D eigenvalue weighted by molar-refractivity contribution is 5.00. The predicted molar refractivity (Wildman–Crippen MR) is 60.3 cm³/mol. The highest BCUT2D eigenvalue weighted by Crippen LogP contribution is 2.29. The standard InChI is InChI=1S/C11H20N4/c1-11(8-12)4-6-15(9-11)7-10-3-5-14(2)13-10/h3,5H,4,6-9,12H2,1-2H3. The maximum atomic E-state index is 5.78. The number of aryl methyl sites for hydroxylation is 1. The van der Waals surface area contributed by atoms with Crippen LogP contribution in [0.3, 0.4) is 0 Å². The molecule has 84 valence electrons. The van der Waals surface area contributed by atoms with Gasteiger partial charge in [0, 0.05) is 26.3 Å². The Balaban J connectivity index is 1.92. The average molecular weight is 208 g/mol. The first-order valence-corrected chi connectivity index (χ1v) is 5.52. The van der Waals surface area contributed by atoms with Crippen LogP contribution in [0.1, 0.15) is 19.0 Å². The van der Waals surface area contributed by atoms with Crippen LogP contribution >= 0.6 is 0 Å². The van der Waals surface area contributed by atoms with E-state index in [1.54, 1.807) is 0 Å². The minimum Gasteiger partial charge on any atom is -0.330 e. The van der Waals surface area contributed by atoms with E-state index in [0.29, 0.717) is 5.41 Å². The number of nitrogens with zero attached hydrogens (tertiary/aromatic N) is 3. The highest BCUT2D eigenvalue weighted by Gasteiger charge is 2.32. The lowest BCUT2D eigenvalue weighted by Crippen LogP contribution is -2.31. The van der Waals surface area contributed by atoms with Crippen LogP contribution in [-0.4, -0.2) is 34.3 Å². The van der Waals surface area contributed by atoms with Gasteiger partial charge in [-0.2, -0.15) is 5.10 Å². The van der Waals surface area contributed by atoms with Crippen LogP contribution in [0.15, 0.2) is 12.3 Å². The Kier molecular flexibility index (Phi) is 2.80. The van der Waals surface area contributed by atoms with E-state index in [9.17, 15) is 0 Å². The molecule has 15 heavy (non-hydrogen) atoms. The van der Waals surface area contributed by atoms with Crippen molar-refractivity contribution in [3.8, 4) is 0 Å². The van der Waals surface area contributed by atoms with E-state index in [0.717, 1.165) is 31.9 Å². The zero-order chi connectivity index (χ0) is 10.9. The van der Waals surface area contributed by atoms with Gasteiger partial charge in [-0.05, 0) is 31.0 Å². The second-order valence-electron chi connectivity index (χ2n) is 4.96. The first-order valence-electron chi connectivity index (χ1n) is 5.52. The quantitative estimate of drug-likeness (QED) is 0.791. The predicted octanol–water partition coefficient (Wildman–Crippen LogP) is 0.591. The SMILES string of the molecule is Cn1ccc(CN2CCC(C)(CN)C2)n1. The van der Waals surface area contributed by atoms with Gasteiger partial charge in [0.25, 0.3) is 0 Å². The Morgan fingerprint density at radius 2 is 2.40 bits per heavy atom. The summed E-state index contributed by atoms with van der Waals surface area (Å²) in [7, 11) is 1.96. The number of aromatic nitrogens is 2. The minimum atomic E-state index is 0.314. The van der Waals surface area contributed by atoms with Gasteiger partial charge in [-0.3, -0.25) is 9.58 Å². The van der Waals surface area contributed by atoms with Gasteiger partial charge in [-0.25, -0.2) is 0 Å². The van der Waals surface area contributed by atoms with Crippen molar-refractivity contribution in [2.24, 2.45) is 18.2 Å². The molecule has 1 aromatic rings. The molecule has 2 rings (SSSR count). The first-order chi connectivity index (χ1) is 7.11. The van der Waals surface area contributed by atoms with Gasteiger partial charge >= 0.3 is 0 Å². The molecule has 0 radical (unpaired) electrons. The summed E-state index contributed by atoms with van der Waals surface area (Å²) in [5.41, 5.74) is 7.25. The average Bonchev–Trinajstić information content (AvgIpc) is 2.76. The third kappa shape index (κ3) is 2.38. The van der Waals surface area contributed by atoms with E-state index in [-0.39, 0.29) is 0 Å². The van der Waals surface area contributed by atoms with Crippen LogP contribution in [0.5, 0.6) is 0 Å². The van der Waals surface area contributed by atoms with Crippen LogP contribution in [0.4, 0.5) is 0 Å². The second kappa shape index (κ2) is 3.94. The molecular weight excluding hydrogens is 188 g/mol. The third-order valence-corrected chi connectivity index (χ3v) is 3.28. The molecule has 1 aliphatic heterocycles. The molecule has 2 heterocycles. The smallest absolute Gasteiger partial charge is 0.0764 e. The molecular formula is C11H20N4. The fraction of sp³-hybridized carbons (Fsp3) is 0.727. The van der Waals surface area contributed by atoms with Gasteiger partial charge in [-0.15, -0.1) is 0 Å².